The highest BCUT2D eigenvalue weighted by molar-refractivity contribution is 5.57. The molecule has 0 radical (unpaired) electrons. The average Bonchev–Trinajstić information content (AvgIpc) is 2.36. The van der Waals surface area contributed by atoms with Gasteiger partial charge in [0.2, 0.25) is 0 Å². The van der Waals surface area contributed by atoms with Gasteiger partial charge in [0.25, 0.3) is 0 Å². The highest BCUT2D eigenvalue weighted by Gasteiger charge is 2.15. The third-order valence-electron chi connectivity index (χ3n) is 3.91. The standard InChI is InChI=1S/C19H26N2/c1-12(2)17-13(3)20-18(21-14(17)4)15-8-10-16(11-9-15)19(5,6)7/h8-12H,1-7H3. The predicted octanol–water partition coefficient (Wildman–Crippen LogP) is 5.18. The van der Waals surface area contributed by atoms with Gasteiger partial charge in [0.15, 0.2) is 5.82 Å². The first-order chi connectivity index (χ1) is 9.70. The van der Waals surface area contributed by atoms with Gasteiger partial charge in [0.1, 0.15) is 0 Å². The lowest BCUT2D eigenvalue weighted by molar-refractivity contribution is 0.590. The van der Waals surface area contributed by atoms with Crippen LogP contribution in [0.4, 0.5) is 0 Å². The normalized spacial score (nSPS) is 12.0. The molecule has 0 aliphatic carbocycles. The maximum absolute atomic E-state index is 4.71. The van der Waals surface area contributed by atoms with Crippen molar-refractivity contribution in [2.24, 2.45) is 0 Å². The lowest BCUT2D eigenvalue weighted by atomic mass is 9.86. The number of aromatic nitrogens is 2. The van der Waals surface area contributed by atoms with Crippen LogP contribution in [0.5, 0.6) is 0 Å². The molecular formula is C19H26N2. The molecule has 1 heterocycles. The molecule has 0 spiro atoms. The molecule has 0 aliphatic rings. The third kappa shape index (κ3) is 3.31. The van der Waals surface area contributed by atoms with E-state index in [1.54, 1.807) is 0 Å². The molecule has 2 aromatic rings. The molecule has 0 aliphatic heterocycles. The van der Waals surface area contributed by atoms with Gasteiger partial charge in [-0.25, -0.2) is 9.97 Å². The molecule has 0 unspecified atom stereocenters. The quantitative estimate of drug-likeness (QED) is 0.758. The number of benzene rings is 1. The third-order valence-corrected chi connectivity index (χ3v) is 3.91. The number of hydrogen-bond acceptors (Lipinski definition) is 2. The van der Waals surface area contributed by atoms with E-state index < -0.39 is 0 Å². The molecular weight excluding hydrogens is 256 g/mol. The number of hydrogen-bond donors (Lipinski definition) is 0. The zero-order valence-corrected chi connectivity index (χ0v) is 14.3. The van der Waals surface area contributed by atoms with E-state index in [0.717, 1.165) is 22.8 Å². The molecule has 1 aromatic heterocycles. The molecule has 0 N–H and O–H groups in total. The summed E-state index contributed by atoms with van der Waals surface area (Å²) in [5.74, 6) is 1.29. The fourth-order valence-electron chi connectivity index (χ4n) is 2.81. The first-order valence-corrected chi connectivity index (χ1v) is 7.66. The smallest absolute Gasteiger partial charge is 0.159 e. The van der Waals surface area contributed by atoms with Crippen LogP contribution in [0.25, 0.3) is 11.4 Å². The van der Waals surface area contributed by atoms with Crippen molar-refractivity contribution >= 4 is 0 Å². The Morgan fingerprint density at radius 3 is 1.71 bits per heavy atom. The van der Waals surface area contributed by atoms with E-state index in [0.29, 0.717) is 5.92 Å². The van der Waals surface area contributed by atoms with E-state index in [4.69, 9.17) is 9.97 Å². The summed E-state index contributed by atoms with van der Waals surface area (Å²) in [7, 11) is 0. The predicted molar refractivity (Wildman–Crippen MR) is 89.7 cm³/mol. The van der Waals surface area contributed by atoms with Crippen LogP contribution < -0.4 is 0 Å². The fraction of sp³-hybridized carbons (Fsp3) is 0.474. The van der Waals surface area contributed by atoms with E-state index in [1.807, 2.05) is 0 Å². The van der Waals surface area contributed by atoms with Crippen molar-refractivity contribution in [2.75, 3.05) is 0 Å². The maximum Gasteiger partial charge on any atom is 0.159 e. The van der Waals surface area contributed by atoms with Crippen molar-refractivity contribution in [3.8, 4) is 11.4 Å². The minimum absolute atomic E-state index is 0.173. The summed E-state index contributed by atoms with van der Waals surface area (Å²) < 4.78 is 0. The number of rotatable bonds is 2. The van der Waals surface area contributed by atoms with E-state index in [1.165, 1.54) is 11.1 Å². The highest BCUT2D eigenvalue weighted by atomic mass is 14.9. The largest absolute Gasteiger partial charge is 0.233 e. The SMILES string of the molecule is Cc1nc(-c2ccc(C(C)(C)C)cc2)nc(C)c1C(C)C. The lowest BCUT2D eigenvalue weighted by Crippen LogP contribution is -2.10. The van der Waals surface area contributed by atoms with Gasteiger partial charge in [-0.1, -0.05) is 58.9 Å². The molecule has 0 fully saturated rings. The van der Waals surface area contributed by atoms with Crippen molar-refractivity contribution in [2.45, 2.75) is 59.8 Å². The van der Waals surface area contributed by atoms with E-state index in [2.05, 4.69) is 72.7 Å². The van der Waals surface area contributed by atoms with Gasteiger partial charge in [-0.2, -0.15) is 0 Å². The Hall–Kier alpha value is -1.70. The molecule has 0 saturated heterocycles. The molecule has 2 heteroatoms. The van der Waals surface area contributed by atoms with Crippen molar-refractivity contribution in [3.63, 3.8) is 0 Å². The Labute approximate surface area is 128 Å². The molecule has 112 valence electrons. The van der Waals surface area contributed by atoms with Gasteiger partial charge in [0.05, 0.1) is 0 Å². The topological polar surface area (TPSA) is 25.8 Å². The van der Waals surface area contributed by atoms with Crippen molar-refractivity contribution in [3.05, 3.63) is 46.8 Å². The average molecular weight is 282 g/mol. The molecule has 2 nitrogen and oxygen atoms in total. The van der Waals surface area contributed by atoms with E-state index >= 15 is 0 Å². The monoisotopic (exact) mass is 282 g/mol. The maximum atomic E-state index is 4.71. The molecule has 1 aromatic carbocycles. The molecule has 0 bridgehead atoms. The molecule has 0 amide bonds. The number of aryl methyl sites for hydroxylation is 2. The summed E-state index contributed by atoms with van der Waals surface area (Å²) in [6.07, 6.45) is 0. The Morgan fingerprint density at radius 1 is 0.857 bits per heavy atom. The summed E-state index contributed by atoms with van der Waals surface area (Å²) in [4.78, 5) is 9.41. The Morgan fingerprint density at radius 2 is 1.33 bits per heavy atom. The van der Waals surface area contributed by atoms with Gasteiger partial charge in [-0.3, -0.25) is 0 Å². The van der Waals surface area contributed by atoms with Crippen LogP contribution in [-0.2, 0) is 5.41 Å². The molecule has 2 rings (SSSR count). The van der Waals surface area contributed by atoms with Crippen LogP contribution in [-0.4, -0.2) is 9.97 Å². The first kappa shape index (κ1) is 15.7. The minimum Gasteiger partial charge on any atom is -0.233 e. The second-order valence-electron chi connectivity index (χ2n) is 7.11. The summed E-state index contributed by atoms with van der Waals surface area (Å²) in [6, 6.07) is 8.62. The molecule has 0 atom stereocenters. The summed E-state index contributed by atoms with van der Waals surface area (Å²) in [6.45, 7) is 15.2. The van der Waals surface area contributed by atoms with Gasteiger partial charge >= 0.3 is 0 Å². The molecule has 0 saturated carbocycles. The van der Waals surface area contributed by atoms with Crippen LogP contribution >= 0.6 is 0 Å². The zero-order chi connectivity index (χ0) is 15.8. The van der Waals surface area contributed by atoms with Gasteiger partial charge in [-0.15, -0.1) is 0 Å². The van der Waals surface area contributed by atoms with Gasteiger partial charge < -0.3 is 0 Å². The van der Waals surface area contributed by atoms with Gasteiger partial charge in [-0.05, 0) is 36.3 Å². The van der Waals surface area contributed by atoms with Crippen LogP contribution in [0, 0.1) is 13.8 Å². The first-order valence-electron chi connectivity index (χ1n) is 7.66. The Kier molecular flexibility index (Phi) is 4.18. The summed E-state index contributed by atoms with van der Waals surface area (Å²) in [5.41, 5.74) is 6.04. The van der Waals surface area contributed by atoms with Crippen LogP contribution in [0.15, 0.2) is 24.3 Å². The highest BCUT2D eigenvalue weighted by Crippen LogP contribution is 2.27. The van der Waals surface area contributed by atoms with Crippen molar-refractivity contribution in [1.29, 1.82) is 0 Å². The van der Waals surface area contributed by atoms with Crippen LogP contribution in [0.2, 0.25) is 0 Å². The summed E-state index contributed by atoms with van der Waals surface area (Å²) in [5, 5.41) is 0. The van der Waals surface area contributed by atoms with Crippen LogP contribution in [0.1, 0.15) is 63.1 Å². The van der Waals surface area contributed by atoms with Crippen molar-refractivity contribution in [1.82, 2.24) is 9.97 Å². The van der Waals surface area contributed by atoms with E-state index in [-0.39, 0.29) is 5.41 Å². The van der Waals surface area contributed by atoms with Gasteiger partial charge in [0, 0.05) is 17.0 Å². The van der Waals surface area contributed by atoms with E-state index in [9.17, 15) is 0 Å². The zero-order valence-electron chi connectivity index (χ0n) is 14.3. The van der Waals surface area contributed by atoms with Crippen LogP contribution in [0.3, 0.4) is 0 Å². The lowest BCUT2D eigenvalue weighted by Gasteiger charge is -2.19. The second-order valence-corrected chi connectivity index (χ2v) is 7.11. The van der Waals surface area contributed by atoms with Crippen molar-refractivity contribution < 1.29 is 0 Å². The summed E-state index contributed by atoms with van der Waals surface area (Å²) >= 11 is 0. The Bertz CT molecular complexity index is 609. The number of nitrogens with zero attached hydrogens (tertiary/aromatic N) is 2. The minimum atomic E-state index is 0.173. The fourth-order valence-corrected chi connectivity index (χ4v) is 2.81. The molecule has 21 heavy (non-hydrogen) atoms. The Balaban J connectivity index is 2.44. The second kappa shape index (κ2) is 5.59.